The fourth-order valence-electron chi connectivity index (χ4n) is 2.12. The van der Waals surface area contributed by atoms with E-state index < -0.39 is 0 Å². The molecule has 0 atom stereocenters. The smallest absolute Gasteiger partial charge is 0.306 e. The van der Waals surface area contributed by atoms with Crippen molar-refractivity contribution in [2.75, 3.05) is 0 Å². The van der Waals surface area contributed by atoms with Crippen molar-refractivity contribution >= 4 is 11.0 Å². The number of rotatable bonds is 2. The van der Waals surface area contributed by atoms with E-state index in [0.717, 1.165) is 11.0 Å². The van der Waals surface area contributed by atoms with Crippen molar-refractivity contribution in [2.24, 2.45) is 0 Å². The Labute approximate surface area is 94.9 Å². The molecule has 0 saturated carbocycles. The van der Waals surface area contributed by atoms with Crippen LogP contribution in [0.5, 0.6) is 0 Å². The van der Waals surface area contributed by atoms with Gasteiger partial charge in [0.1, 0.15) is 0 Å². The number of nitrogens with one attached hydrogen (secondary N) is 2. The second kappa shape index (κ2) is 3.81. The van der Waals surface area contributed by atoms with Crippen molar-refractivity contribution in [1.82, 2.24) is 9.97 Å². The first-order valence-electron chi connectivity index (χ1n) is 5.75. The van der Waals surface area contributed by atoms with Crippen molar-refractivity contribution in [1.29, 1.82) is 0 Å². The number of aromatic amines is 2. The van der Waals surface area contributed by atoms with Crippen LogP contribution in [-0.4, -0.2) is 9.97 Å². The first-order valence-corrected chi connectivity index (χ1v) is 5.75. The first kappa shape index (κ1) is 11.0. The Kier molecular flexibility index (Phi) is 2.62. The molecule has 0 amide bonds. The zero-order valence-electron chi connectivity index (χ0n) is 10.2. The van der Waals surface area contributed by atoms with Gasteiger partial charge in [-0.2, -0.15) is 0 Å². The zero-order chi connectivity index (χ0) is 11.9. The zero-order valence-corrected chi connectivity index (χ0v) is 10.2. The molecule has 2 aromatic rings. The summed E-state index contributed by atoms with van der Waals surface area (Å²) in [5.41, 5.74) is 4.30. The van der Waals surface area contributed by atoms with Gasteiger partial charge >= 0.3 is 5.69 Å². The summed E-state index contributed by atoms with van der Waals surface area (Å²) in [5.74, 6) is 0.945. The van der Waals surface area contributed by atoms with Crippen molar-refractivity contribution in [3.63, 3.8) is 0 Å². The summed E-state index contributed by atoms with van der Waals surface area (Å²) >= 11 is 0. The largest absolute Gasteiger partial charge is 0.323 e. The van der Waals surface area contributed by atoms with Crippen LogP contribution in [0.3, 0.4) is 0 Å². The monoisotopic (exact) mass is 218 g/mol. The molecule has 0 unspecified atom stereocenters. The minimum Gasteiger partial charge on any atom is -0.306 e. The summed E-state index contributed by atoms with van der Waals surface area (Å²) < 4.78 is 0. The maximum absolute atomic E-state index is 11.2. The van der Waals surface area contributed by atoms with E-state index in [4.69, 9.17) is 0 Å². The van der Waals surface area contributed by atoms with Crippen LogP contribution in [0.25, 0.3) is 11.0 Å². The van der Waals surface area contributed by atoms with Crippen molar-refractivity contribution in [2.45, 2.75) is 39.5 Å². The number of aromatic nitrogens is 2. The minimum absolute atomic E-state index is 0.134. The molecule has 1 aromatic heterocycles. The Morgan fingerprint density at radius 3 is 1.56 bits per heavy atom. The van der Waals surface area contributed by atoms with Gasteiger partial charge in [-0.05, 0) is 35.1 Å². The van der Waals surface area contributed by atoms with E-state index in [1.54, 1.807) is 0 Å². The lowest BCUT2D eigenvalue weighted by molar-refractivity contribution is 0.792. The molecule has 0 fully saturated rings. The van der Waals surface area contributed by atoms with Gasteiger partial charge in [0.15, 0.2) is 0 Å². The van der Waals surface area contributed by atoms with Gasteiger partial charge in [-0.1, -0.05) is 27.7 Å². The Morgan fingerprint density at radius 1 is 0.875 bits per heavy atom. The van der Waals surface area contributed by atoms with E-state index in [0.29, 0.717) is 11.8 Å². The van der Waals surface area contributed by atoms with E-state index >= 15 is 0 Å². The molecule has 0 aliphatic rings. The molecule has 3 heteroatoms. The average Bonchev–Trinajstić information content (AvgIpc) is 2.54. The summed E-state index contributed by atoms with van der Waals surface area (Å²) in [5, 5.41) is 0. The highest BCUT2D eigenvalue weighted by Crippen LogP contribution is 2.28. The number of imidazole rings is 1. The SMILES string of the molecule is CC(C)c1cc2[nH]c(=O)[nH]c2cc1C(C)C. The van der Waals surface area contributed by atoms with Gasteiger partial charge in [0.05, 0.1) is 11.0 Å². The van der Waals surface area contributed by atoms with Gasteiger partial charge in [-0.25, -0.2) is 4.79 Å². The molecule has 1 heterocycles. The number of fused-ring (bicyclic) bond motifs is 1. The fraction of sp³-hybridized carbons (Fsp3) is 0.462. The number of hydrogen-bond acceptors (Lipinski definition) is 1. The molecular formula is C13H18N2O. The molecule has 0 saturated heterocycles. The molecule has 3 nitrogen and oxygen atoms in total. The number of benzene rings is 1. The third-order valence-corrected chi connectivity index (χ3v) is 2.96. The Balaban J connectivity index is 2.75. The number of H-pyrrole nitrogens is 2. The van der Waals surface area contributed by atoms with E-state index in [1.807, 2.05) is 0 Å². The van der Waals surface area contributed by atoms with Crippen molar-refractivity contribution in [3.05, 3.63) is 33.7 Å². The molecule has 1 aromatic carbocycles. The molecule has 0 aliphatic carbocycles. The highest BCUT2D eigenvalue weighted by Gasteiger charge is 2.12. The van der Waals surface area contributed by atoms with Crippen LogP contribution in [0.2, 0.25) is 0 Å². The second-order valence-corrected chi connectivity index (χ2v) is 4.92. The molecule has 86 valence electrons. The lowest BCUT2D eigenvalue weighted by Crippen LogP contribution is -1.99. The molecule has 0 bridgehead atoms. The molecule has 16 heavy (non-hydrogen) atoms. The van der Waals surface area contributed by atoms with Gasteiger partial charge in [0, 0.05) is 0 Å². The Hall–Kier alpha value is -1.51. The van der Waals surface area contributed by atoms with Crippen LogP contribution in [-0.2, 0) is 0 Å². The molecule has 0 radical (unpaired) electrons. The summed E-state index contributed by atoms with van der Waals surface area (Å²) in [6, 6.07) is 4.18. The van der Waals surface area contributed by atoms with Crippen LogP contribution in [0.15, 0.2) is 16.9 Å². The second-order valence-electron chi connectivity index (χ2n) is 4.92. The van der Waals surface area contributed by atoms with Crippen molar-refractivity contribution in [3.8, 4) is 0 Å². The van der Waals surface area contributed by atoms with Gasteiger partial charge in [0.2, 0.25) is 0 Å². The quantitative estimate of drug-likeness (QED) is 0.799. The lowest BCUT2D eigenvalue weighted by atomic mass is 9.90. The normalized spacial score (nSPS) is 11.9. The van der Waals surface area contributed by atoms with Crippen LogP contribution >= 0.6 is 0 Å². The molecule has 0 aliphatic heterocycles. The van der Waals surface area contributed by atoms with Gasteiger partial charge in [0.25, 0.3) is 0 Å². The van der Waals surface area contributed by atoms with Gasteiger partial charge in [-0.15, -0.1) is 0 Å². The molecule has 2 rings (SSSR count). The highest BCUT2D eigenvalue weighted by atomic mass is 16.1. The van der Waals surface area contributed by atoms with Crippen LogP contribution in [0.4, 0.5) is 0 Å². The first-order chi connectivity index (χ1) is 7.49. The predicted molar refractivity (Wildman–Crippen MR) is 67.1 cm³/mol. The molecule has 2 N–H and O–H groups in total. The maximum Gasteiger partial charge on any atom is 0.323 e. The van der Waals surface area contributed by atoms with Crippen molar-refractivity contribution < 1.29 is 0 Å². The predicted octanol–water partition coefficient (Wildman–Crippen LogP) is 3.10. The Morgan fingerprint density at radius 2 is 1.25 bits per heavy atom. The summed E-state index contributed by atoms with van der Waals surface area (Å²) in [4.78, 5) is 16.9. The van der Waals surface area contributed by atoms with Crippen LogP contribution in [0.1, 0.15) is 50.7 Å². The van der Waals surface area contributed by atoms with Gasteiger partial charge < -0.3 is 9.97 Å². The number of hydrogen-bond donors (Lipinski definition) is 2. The van der Waals surface area contributed by atoms with E-state index in [1.165, 1.54) is 11.1 Å². The molecular weight excluding hydrogens is 200 g/mol. The summed E-state index contributed by atoms with van der Waals surface area (Å²) in [6.07, 6.45) is 0. The lowest BCUT2D eigenvalue weighted by Gasteiger charge is -2.15. The average molecular weight is 218 g/mol. The fourth-order valence-corrected chi connectivity index (χ4v) is 2.12. The van der Waals surface area contributed by atoms with E-state index in [-0.39, 0.29) is 5.69 Å². The summed E-state index contributed by atoms with van der Waals surface area (Å²) in [6.45, 7) is 8.71. The molecule has 0 spiro atoms. The van der Waals surface area contributed by atoms with E-state index in [2.05, 4.69) is 49.8 Å². The topological polar surface area (TPSA) is 48.6 Å². The third kappa shape index (κ3) is 1.77. The van der Waals surface area contributed by atoms with Crippen LogP contribution in [0, 0.1) is 0 Å². The maximum atomic E-state index is 11.2. The van der Waals surface area contributed by atoms with Gasteiger partial charge in [-0.3, -0.25) is 0 Å². The van der Waals surface area contributed by atoms with E-state index in [9.17, 15) is 4.79 Å². The minimum atomic E-state index is -0.134. The van der Waals surface area contributed by atoms with Crippen LogP contribution < -0.4 is 5.69 Å². The highest BCUT2D eigenvalue weighted by molar-refractivity contribution is 5.77. The summed E-state index contributed by atoms with van der Waals surface area (Å²) in [7, 11) is 0. The third-order valence-electron chi connectivity index (χ3n) is 2.96. The standard InChI is InChI=1S/C13H18N2O/c1-7(2)9-5-11-12(15-13(16)14-11)6-10(9)8(3)4/h5-8H,1-4H3,(H2,14,15,16). The Bertz CT molecular complexity index is 513.